The molecule has 1 unspecified atom stereocenters. The average Bonchev–Trinajstić information content (AvgIpc) is 2.61. The van der Waals surface area contributed by atoms with Crippen molar-refractivity contribution < 1.29 is 14.3 Å². The Kier molecular flexibility index (Phi) is 4.54. The number of hydrogen-bond acceptors (Lipinski definition) is 2. The lowest BCUT2D eigenvalue weighted by Crippen LogP contribution is -2.24. The van der Waals surface area contributed by atoms with Crippen molar-refractivity contribution in [1.82, 2.24) is 0 Å². The molecule has 0 radical (unpaired) electrons. The van der Waals surface area contributed by atoms with Crippen LogP contribution in [-0.4, -0.2) is 23.0 Å². The molecule has 0 fully saturated rings. The van der Waals surface area contributed by atoms with Crippen LogP contribution in [0.25, 0.3) is 16.3 Å². The molecule has 0 aromatic heterocycles. The summed E-state index contributed by atoms with van der Waals surface area (Å²) in [5.74, 6) is -0.662. The zero-order chi connectivity index (χ0) is 16.9. The van der Waals surface area contributed by atoms with Gasteiger partial charge < -0.3 is 16.0 Å². The van der Waals surface area contributed by atoms with E-state index in [1.54, 1.807) is 12.2 Å². The summed E-state index contributed by atoms with van der Waals surface area (Å²) in [6.07, 6.45) is 5.38. The first-order valence-electron chi connectivity index (χ1n) is 7.70. The van der Waals surface area contributed by atoms with Gasteiger partial charge in [0.2, 0.25) is 11.7 Å². The van der Waals surface area contributed by atoms with E-state index < -0.39 is 11.8 Å². The number of benzene rings is 2. The Hall–Kier alpha value is -3.17. The zero-order valence-corrected chi connectivity index (χ0v) is 13.1. The van der Waals surface area contributed by atoms with E-state index in [2.05, 4.69) is 29.1 Å². The van der Waals surface area contributed by atoms with Crippen molar-refractivity contribution in [2.24, 2.45) is 11.7 Å². The Morgan fingerprint density at radius 1 is 1.21 bits per heavy atom. The molecule has 0 bridgehead atoms. The van der Waals surface area contributed by atoms with Crippen LogP contribution in [0, 0.1) is 5.92 Å². The molecule has 1 aliphatic carbocycles. The number of ether oxygens (including phenoxy) is 1. The van der Waals surface area contributed by atoms with Gasteiger partial charge in [0.15, 0.2) is 0 Å². The van der Waals surface area contributed by atoms with Gasteiger partial charge in [-0.25, -0.2) is 0 Å². The monoisotopic (exact) mass is 319 g/mol. The highest BCUT2D eigenvalue weighted by Crippen LogP contribution is 2.20. The maximum atomic E-state index is 11.3. The summed E-state index contributed by atoms with van der Waals surface area (Å²) in [4.78, 5) is 14.5. The van der Waals surface area contributed by atoms with Crippen LogP contribution < -0.4 is 5.73 Å². The van der Waals surface area contributed by atoms with Gasteiger partial charge in [0.25, 0.3) is 0 Å². The summed E-state index contributed by atoms with van der Waals surface area (Å²) in [5, 5.41) is 2.37. The molecule has 2 N–H and O–H groups in total. The van der Waals surface area contributed by atoms with Gasteiger partial charge in [-0.1, -0.05) is 48.5 Å². The van der Waals surface area contributed by atoms with Gasteiger partial charge in [0.1, 0.15) is 0 Å². The lowest BCUT2D eigenvalue weighted by Gasteiger charge is -2.12. The number of nitrogens with zero attached hydrogens (tertiary/aromatic N) is 2. The van der Waals surface area contributed by atoms with Crippen LogP contribution in [-0.2, 0) is 16.0 Å². The predicted octanol–water partition coefficient (Wildman–Crippen LogP) is 2.62. The van der Waals surface area contributed by atoms with Crippen LogP contribution >= 0.6 is 0 Å². The molecule has 5 heteroatoms. The number of carbonyl (C=O) groups excluding carboxylic acids is 1. The van der Waals surface area contributed by atoms with E-state index >= 15 is 0 Å². The normalized spacial score (nSPS) is 16.6. The second-order valence-electron chi connectivity index (χ2n) is 5.54. The average molecular weight is 319 g/mol. The third-order valence-corrected chi connectivity index (χ3v) is 3.99. The summed E-state index contributed by atoms with van der Waals surface area (Å²) in [7, 11) is 0. The number of amides is 1. The summed E-state index contributed by atoms with van der Waals surface area (Å²) in [6, 6.07) is 14.3. The molecule has 120 valence electrons. The molecular weight excluding hydrogens is 302 g/mol. The fraction of sp³-hybridized carbons (Fsp3) is 0.158. The highest BCUT2D eigenvalue weighted by molar-refractivity contribution is 6.05. The molecule has 1 amide bonds. The molecule has 0 aliphatic heterocycles. The number of nitrogens with two attached hydrogens (primary N) is 1. The molecule has 1 atom stereocenters. The highest BCUT2D eigenvalue weighted by atomic mass is 16.5. The fourth-order valence-electron chi connectivity index (χ4n) is 2.74. The summed E-state index contributed by atoms with van der Waals surface area (Å²) >= 11 is 0. The molecule has 0 heterocycles. The van der Waals surface area contributed by atoms with Crippen molar-refractivity contribution in [3.63, 3.8) is 0 Å². The van der Waals surface area contributed by atoms with Crippen LogP contribution in [0.5, 0.6) is 0 Å². The van der Waals surface area contributed by atoms with Crippen molar-refractivity contribution >= 4 is 22.4 Å². The molecule has 2 aromatic carbocycles. The maximum absolute atomic E-state index is 11.3. The lowest BCUT2D eigenvalue weighted by atomic mass is 10.0. The molecule has 1 aliphatic rings. The highest BCUT2D eigenvalue weighted by Gasteiger charge is 2.23. The number of fused-ring (bicyclic) bond motifs is 1. The van der Waals surface area contributed by atoms with Gasteiger partial charge in [-0.15, -0.1) is 0 Å². The molecule has 3 rings (SSSR count). The van der Waals surface area contributed by atoms with Gasteiger partial charge >= 0.3 is 5.71 Å². The minimum atomic E-state index is -0.553. The number of hydrogen-bond donors (Lipinski definition) is 1. The van der Waals surface area contributed by atoms with E-state index in [1.165, 1.54) is 22.4 Å². The number of primary amides is 1. The van der Waals surface area contributed by atoms with Crippen molar-refractivity contribution in [3.05, 3.63) is 77.5 Å². The van der Waals surface area contributed by atoms with Crippen LogP contribution in [0.4, 0.5) is 0 Å². The zero-order valence-electron chi connectivity index (χ0n) is 13.1. The second kappa shape index (κ2) is 6.94. The first-order chi connectivity index (χ1) is 11.7. The minimum absolute atomic E-state index is 0.283. The van der Waals surface area contributed by atoms with E-state index in [0.717, 1.165) is 0 Å². The lowest BCUT2D eigenvalue weighted by molar-refractivity contribution is -0.119. The third-order valence-electron chi connectivity index (χ3n) is 3.99. The molecular formula is C19H17N3O2. The SMILES string of the molecule is [N-]=[N+]=C1C=CC(C(N)=O)C=C1OCCc1cccc2ccccc12. The standard InChI is InChI=1S/C19H17N3O2/c20-19(23)15-8-9-17(22-21)18(12-15)24-11-10-14-6-3-5-13-4-1-2-7-16(13)14/h1-9,12,15H,10-11H2,(H2,20,23). The van der Waals surface area contributed by atoms with Gasteiger partial charge in [-0.2, -0.15) is 4.79 Å². The van der Waals surface area contributed by atoms with Crippen LogP contribution in [0.2, 0.25) is 0 Å². The van der Waals surface area contributed by atoms with Crippen LogP contribution in [0.3, 0.4) is 0 Å². The van der Waals surface area contributed by atoms with E-state index in [1.807, 2.05) is 18.2 Å². The van der Waals surface area contributed by atoms with E-state index in [0.29, 0.717) is 18.8 Å². The topological polar surface area (TPSA) is 88.7 Å². The van der Waals surface area contributed by atoms with Crippen molar-refractivity contribution in [2.45, 2.75) is 6.42 Å². The Morgan fingerprint density at radius 2 is 2.00 bits per heavy atom. The van der Waals surface area contributed by atoms with Crippen LogP contribution in [0.15, 0.2) is 66.5 Å². The minimum Gasteiger partial charge on any atom is -0.486 e. The summed E-state index contributed by atoms with van der Waals surface area (Å²) < 4.78 is 5.73. The quantitative estimate of drug-likeness (QED) is 0.678. The van der Waals surface area contributed by atoms with Crippen molar-refractivity contribution in [3.8, 4) is 0 Å². The van der Waals surface area contributed by atoms with Gasteiger partial charge in [0.05, 0.1) is 12.5 Å². The molecule has 0 saturated heterocycles. The Labute approximate surface area is 139 Å². The number of rotatable bonds is 5. The molecule has 0 spiro atoms. The van der Waals surface area contributed by atoms with Crippen molar-refractivity contribution in [1.29, 1.82) is 0 Å². The third kappa shape index (κ3) is 3.26. The van der Waals surface area contributed by atoms with E-state index in [-0.39, 0.29) is 5.71 Å². The molecule has 2 aromatic rings. The first-order valence-corrected chi connectivity index (χ1v) is 7.70. The summed E-state index contributed by atoms with van der Waals surface area (Å²) in [6.45, 7) is 0.401. The molecule has 0 saturated carbocycles. The largest absolute Gasteiger partial charge is 0.486 e. The predicted molar refractivity (Wildman–Crippen MR) is 92.1 cm³/mol. The van der Waals surface area contributed by atoms with Gasteiger partial charge in [-0.3, -0.25) is 4.79 Å². The summed E-state index contributed by atoms with van der Waals surface area (Å²) in [5.41, 5.74) is 15.8. The second-order valence-corrected chi connectivity index (χ2v) is 5.54. The Morgan fingerprint density at radius 3 is 2.79 bits per heavy atom. The van der Waals surface area contributed by atoms with Crippen LogP contribution in [0.1, 0.15) is 5.56 Å². The molecule has 24 heavy (non-hydrogen) atoms. The smallest absolute Gasteiger partial charge is 0.356 e. The number of carbonyl (C=O) groups is 1. The number of allylic oxidation sites excluding steroid dienone is 1. The van der Waals surface area contributed by atoms with Crippen molar-refractivity contribution in [2.75, 3.05) is 6.61 Å². The van der Waals surface area contributed by atoms with E-state index in [4.69, 9.17) is 16.0 Å². The Balaban J connectivity index is 1.73. The van der Waals surface area contributed by atoms with Gasteiger partial charge in [0, 0.05) is 12.5 Å². The first kappa shape index (κ1) is 15.7. The van der Waals surface area contributed by atoms with E-state index in [9.17, 15) is 4.79 Å². The van der Waals surface area contributed by atoms with Gasteiger partial charge in [-0.05, 0) is 22.4 Å². The maximum Gasteiger partial charge on any atom is 0.356 e. The fourth-order valence-corrected chi connectivity index (χ4v) is 2.74. The Bertz CT molecular complexity index is 887. The molecule has 5 nitrogen and oxygen atoms in total.